The number of carbonyl (C=O) groups is 2. The predicted molar refractivity (Wildman–Crippen MR) is 146 cm³/mol. The SMILES string of the molecule is C/C=C(\C)C(=O)OC/C=C(\C)CCC=C(C)C.CC(C)=CCC/C(C)=C/C/C(C)=C(\C)C(=O)O. The maximum Gasteiger partial charge on any atom is 0.333 e. The van der Waals surface area contributed by atoms with Crippen molar-refractivity contribution in [2.45, 2.75) is 101 Å². The summed E-state index contributed by atoms with van der Waals surface area (Å²) >= 11 is 0. The molecule has 4 nitrogen and oxygen atoms in total. The van der Waals surface area contributed by atoms with Gasteiger partial charge >= 0.3 is 11.9 Å². The molecule has 0 fully saturated rings. The second-order valence-corrected chi connectivity index (χ2v) is 9.23. The second kappa shape index (κ2) is 19.8. The zero-order chi connectivity index (χ0) is 26.7. The van der Waals surface area contributed by atoms with Gasteiger partial charge in [0, 0.05) is 11.1 Å². The first-order chi connectivity index (χ1) is 15.8. The topological polar surface area (TPSA) is 63.6 Å². The lowest BCUT2D eigenvalue weighted by Gasteiger charge is -2.03. The Kier molecular flexibility index (Phi) is 19.6. The molecule has 34 heavy (non-hydrogen) atoms. The maximum absolute atomic E-state index is 11.3. The molecule has 0 aliphatic carbocycles. The highest BCUT2D eigenvalue weighted by Crippen LogP contribution is 2.13. The predicted octanol–water partition coefficient (Wildman–Crippen LogP) is 8.68. The molecule has 192 valence electrons. The molecule has 0 rings (SSSR count). The largest absolute Gasteiger partial charge is 0.478 e. The molecule has 0 atom stereocenters. The normalized spacial score (nSPS) is 12.7. The van der Waals surface area contributed by atoms with Gasteiger partial charge in [-0.2, -0.15) is 0 Å². The van der Waals surface area contributed by atoms with E-state index < -0.39 is 5.97 Å². The number of allylic oxidation sites excluding steroid dienone is 9. The van der Waals surface area contributed by atoms with E-state index in [0.29, 0.717) is 17.8 Å². The Labute approximate surface area is 208 Å². The highest BCUT2D eigenvalue weighted by atomic mass is 16.5. The Morgan fingerprint density at radius 2 is 1.21 bits per heavy atom. The van der Waals surface area contributed by atoms with E-state index in [1.807, 2.05) is 19.9 Å². The molecule has 0 unspecified atom stereocenters. The van der Waals surface area contributed by atoms with Crippen molar-refractivity contribution >= 4 is 11.9 Å². The minimum atomic E-state index is -0.821. The van der Waals surface area contributed by atoms with Crippen LogP contribution < -0.4 is 0 Å². The fourth-order valence-electron chi connectivity index (χ4n) is 2.54. The smallest absolute Gasteiger partial charge is 0.333 e. The van der Waals surface area contributed by atoms with Crippen molar-refractivity contribution < 1.29 is 19.4 Å². The van der Waals surface area contributed by atoms with Crippen LogP contribution in [0.15, 0.2) is 69.4 Å². The number of hydrogen-bond donors (Lipinski definition) is 1. The number of carboxylic acids is 1. The monoisotopic (exact) mass is 472 g/mol. The average molecular weight is 473 g/mol. The third-order valence-corrected chi connectivity index (χ3v) is 5.30. The van der Waals surface area contributed by atoms with E-state index in [1.54, 1.807) is 19.9 Å². The van der Waals surface area contributed by atoms with Gasteiger partial charge in [-0.1, -0.05) is 52.2 Å². The summed E-state index contributed by atoms with van der Waals surface area (Å²) in [5, 5.41) is 8.83. The molecule has 0 radical (unpaired) electrons. The van der Waals surface area contributed by atoms with Crippen molar-refractivity contribution in [1.29, 1.82) is 0 Å². The molecular formula is C30H48O4. The van der Waals surface area contributed by atoms with Gasteiger partial charge in [-0.25, -0.2) is 9.59 Å². The van der Waals surface area contributed by atoms with Gasteiger partial charge in [-0.15, -0.1) is 0 Å². The molecule has 0 saturated carbocycles. The summed E-state index contributed by atoms with van der Waals surface area (Å²) in [6, 6.07) is 0. The van der Waals surface area contributed by atoms with Crippen LogP contribution >= 0.6 is 0 Å². The van der Waals surface area contributed by atoms with Gasteiger partial charge < -0.3 is 9.84 Å². The molecule has 4 heteroatoms. The average Bonchev–Trinajstić information content (AvgIpc) is 2.75. The fraction of sp³-hybridized carbons (Fsp3) is 0.533. The lowest BCUT2D eigenvalue weighted by molar-refractivity contribution is -0.137. The van der Waals surface area contributed by atoms with Crippen molar-refractivity contribution in [2.24, 2.45) is 0 Å². The third kappa shape index (κ3) is 20.0. The van der Waals surface area contributed by atoms with Crippen LogP contribution in [-0.2, 0) is 14.3 Å². The van der Waals surface area contributed by atoms with E-state index in [9.17, 15) is 9.59 Å². The Hall–Kier alpha value is -2.62. The maximum atomic E-state index is 11.3. The Morgan fingerprint density at radius 3 is 1.62 bits per heavy atom. The highest BCUT2D eigenvalue weighted by molar-refractivity contribution is 5.87. The molecule has 0 amide bonds. The number of carbonyl (C=O) groups excluding carboxylic acids is 1. The first kappa shape index (κ1) is 33.6. The lowest BCUT2D eigenvalue weighted by atomic mass is 10.0. The quantitative estimate of drug-likeness (QED) is 0.175. The molecule has 0 aromatic rings. The third-order valence-electron chi connectivity index (χ3n) is 5.30. The molecule has 0 spiro atoms. The van der Waals surface area contributed by atoms with Gasteiger partial charge in [0.1, 0.15) is 6.61 Å². The fourth-order valence-corrected chi connectivity index (χ4v) is 2.54. The zero-order valence-corrected chi connectivity index (χ0v) is 23.3. The Bertz CT molecular complexity index is 822. The number of aliphatic carboxylic acids is 1. The standard InChI is InChI=1S/2C15H24O2/c1-11(2)7-6-8-12(3)9-10-13(4)14(5)15(16)17;1-6-14(5)15(16)17-11-10-13(4)9-7-8-12(2)3/h7,9H,6,8,10H2,1-5H3,(H,16,17);6,8,10H,7,9,11H2,1-5H3/b12-9+,14-13+;13-10+,14-6+. The van der Waals surface area contributed by atoms with Crippen LogP contribution in [0.3, 0.4) is 0 Å². The summed E-state index contributed by atoms with van der Waals surface area (Å²) in [4.78, 5) is 22.1. The highest BCUT2D eigenvalue weighted by Gasteiger charge is 2.04. The van der Waals surface area contributed by atoms with Crippen LogP contribution in [0.25, 0.3) is 0 Å². The first-order valence-electron chi connectivity index (χ1n) is 12.1. The molecule has 0 aliphatic rings. The molecule has 0 aromatic heterocycles. The van der Waals surface area contributed by atoms with Crippen molar-refractivity contribution in [3.05, 3.63) is 69.4 Å². The summed E-state index contributed by atoms with van der Waals surface area (Å²) < 4.78 is 5.09. The number of rotatable bonds is 12. The number of hydrogen-bond acceptors (Lipinski definition) is 3. The Balaban J connectivity index is 0. The lowest BCUT2D eigenvalue weighted by Crippen LogP contribution is -2.05. The first-order valence-corrected chi connectivity index (χ1v) is 12.1. The van der Waals surface area contributed by atoms with E-state index in [0.717, 1.165) is 37.7 Å². The van der Waals surface area contributed by atoms with Gasteiger partial charge in [-0.05, 0) is 107 Å². The number of ether oxygens (including phenoxy) is 1. The van der Waals surface area contributed by atoms with Crippen LogP contribution in [-0.4, -0.2) is 23.7 Å². The molecule has 0 aromatic carbocycles. The van der Waals surface area contributed by atoms with Gasteiger partial charge in [0.25, 0.3) is 0 Å². The van der Waals surface area contributed by atoms with Crippen LogP contribution in [0.5, 0.6) is 0 Å². The van der Waals surface area contributed by atoms with Crippen molar-refractivity contribution in [2.75, 3.05) is 6.61 Å². The van der Waals surface area contributed by atoms with Crippen LogP contribution in [0.1, 0.15) is 101 Å². The number of carboxylic acid groups (broad SMARTS) is 1. The van der Waals surface area contributed by atoms with Crippen LogP contribution in [0, 0.1) is 0 Å². The van der Waals surface area contributed by atoms with E-state index in [2.05, 4.69) is 59.8 Å². The summed E-state index contributed by atoms with van der Waals surface area (Å²) in [5.74, 6) is -1.06. The summed E-state index contributed by atoms with van der Waals surface area (Å²) in [5.41, 5.74) is 7.30. The summed E-state index contributed by atoms with van der Waals surface area (Å²) in [6.07, 6.45) is 15.2. The van der Waals surface area contributed by atoms with Crippen molar-refractivity contribution in [3.63, 3.8) is 0 Å². The van der Waals surface area contributed by atoms with E-state index in [-0.39, 0.29) is 5.97 Å². The van der Waals surface area contributed by atoms with Crippen molar-refractivity contribution in [1.82, 2.24) is 0 Å². The molecule has 0 aliphatic heterocycles. The molecule has 0 bridgehead atoms. The summed E-state index contributed by atoms with van der Waals surface area (Å²) in [6.45, 7) is 20.0. The van der Waals surface area contributed by atoms with E-state index in [4.69, 9.17) is 9.84 Å². The summed E-state index contributed by atoms with van der Waals surface area (Å²) in [7, 11) is 0. The van der Waals surface area contributed by atoms with E-state index in [1.165, 1.54) is 22.3 Å². The van der Waals surface area contributed by atoms with Crippen LogP contribution in [0.2, 0.25) is 0 Å². The Morgan fingerprint density at radius 1 is 0.735 bits per heavy atom. The molecule has 1 N–H and O–H groups in total. The molecule has 0 saturated heterocycles. The van der Waals surface area contributed by atoms with Crippen LogP contribution in [0.4, 0.5) is 0 Å². The van der Waals surface area contributed by atoms with Gasteiger partial charge in [-0.3, -0.25) is 0 Å². The molecular weight excluding hydrogens is 424 g/mol. The molecule has 0 heterocycles. The minimum Gasteiger partial charge on any atom is -0.478 e. The van der Waals surface area contributed by atoms with Gasteiger partial charge in [0.15, 0.2) is 0 Å². The zero-order valence-electron chi connectivity index (χ0n) is 23.3. The van der Waals surface area contributed by atoms with Gasteiger partial charge in [0.05, 0.1) is 0 Å². The second-order valence-electron chi connectivity index (χ2n) is 9.23. The van der Waals surface area contributed by atoms with Crippen molar-refractivity contribution in [3.8, 4) is 0 Å². The van der Waals surface area contributed by atoms with E-state index >= 15 is 0 Å². The van der Waals surface area contributed by atoms with Gasteiger partial charge in [0.2, 0.25) is 0 Å². The minimum absolute atomic E-state index is 0.235. The number of esters is 1.